The molecule has 9 heavy (non-hydrogen) atoms. The summed E-state index contributed by atoms with van der Waals surface area (Å²) >= 11 is 0. The summed E-state index contributed by atoms with van der Waals surface area (Å²) in [6.45, 7) is 0. The summed E-state index contributed by atoms with van der Waals surface area (Å²) in [7, 11) is 0. The van der Waals surface area contributed by atoms with E-state index >= 15 is 0 Å². The Kier molecular flexibility index (Phi) is 18.7. The van der Waals surface area contributed by atoms with E-state index in [4.69, 9.17) is 0 Å². The molecule has 0 spiro atoms. The van der Waals surface area contributed by atoms with E-state index < -0.39 is 0 Å². The average molecular weight is 168 g/mol. The summed E-state index contributed by atoms with van der Waals surface area (Å²) in [5.74, 6) is 0. The van der Waals surface area contributed by atoms with Crippen LogP contribution in [0.1, 0.15) is 0 Å². The molecule has 1 radical (unpaired) electrons. The molecule has 53 valence electrons. The minimum absolute atomic E-state index is 0. The van der Waals surface area contributed by atoms with Crippen LogP contribution in [0.4, 0.5) is 0 Å². The third-order valence-electron chi connectivity index (χ3n) is 0.566. The van der Waals surface area contributed by atoms with Crippen LogP contribution in [0.3, 0.4) is 0 Å². The zero-order valence-electron chi connectivity index (χ0n) is 5.67. The van der Waals surface area contributed by atoms with E-state index in [9.17, 15) is 0 Å². The number of hydrogen-bond acceptors (Lipinski definition) is 1. The summed E-state index contributed by atoms with van der Waals surface area (Å²) in [6, 6.07) is 5.72. The van der Waals surface area contributed by atoms with Crippen LogP contribution in [0, 0.1) is 14.9 Å². The molecule has 0 saturated heterocycles. The monoisotopic (exact) mass is 168 g/mol. The molecule has 1 aromatic rings. The third kappa shape index (κ3) is 7.66. The van der Waals surface area contributed by atoms with E-state index in [0.717, 1.165) is 0 Å². The van der Waals surface area contributed by atoms with Gasteiger partial charge in [0, 0.05) is 12.4 Å². The minimum atomic E-state index is 0. The van der Waals surface area contributed by atoms with Gasteiger partial charge in [0.2, 0.25) is 0 Å². The molecule has 1 rings (SSSR count). The first-order chi connectivity index (χ1) is 3.00. The van der Waals surface area contributed by atoms with Crippen molar-refractivity contribution in [1.82, 2.24) is 4.98 Å². The van der Waals surface area contributed by atoms with Crippen molar-refractivity contribution in [2.75, 3.05) is 0 Å². The Morgan fingerprint density at radius 2 is 1.22 bits per heavy atom. The first-order valence-corrected chi connectivity index (χ1v) is 1.85. The van der Waals surface area contributed by atoms with Crippen molar-refractivity contribution in [3.05, 3.63) is 45.4 Å². The molecular weight excluding hydrogens is 157 g/mol. The Hall–Kier alpha value is -0.344. The van der Waals surface area contributed by atoms with Crippen molar-refractivity contribution in [3.63, 3.8) is 0 Å². The van der Waals surface area contributed by atoms with E-state index in [1.807, 2.05) is 18.2 Å². The zero-order valence-corrected chi connectivity index (χ0v) is 6.71. The summed E-state index contributed by atoms with van der Waals surface area (Å²) < 4.78 is 0. The second kappa shape index (κ2) is 10.6. The molecule has 1 aromatic heterocycles. The van der Waals surface area contributed by atoms with E-state index in [-0.39, 0.29) is 31.6 Å². The van der Waals surface area contributed by atoms with Crippen LogP contribution in [0.2, 0.25) is 0 Å². The van der Waals surface area contributed by atoms with Gasteiger partial charge in [0.15, 0.2) is 0 Å². The van der Waals surface area contributed by atoms with E-state index in [0.29, 0.717) is 0 Å². The van der Waals surface area contributed by atoms with Crippen LogP contribution in [-0.2, 0) is 16.8 Å². The largest absolute Gasteiger partial charge is 2.00 e. The van der Waals surface area contributed by atoms with Gasteiger partial charge in [0.1, 0.15) is 0 Å². The fourth-order valence-electron chi connectivity index (χ4n) is 0.313. The summed E-state index contributed by atoms with van der Waals surface area (Å²) in [6.07, 6.45) is 3.50. The molecule has 1 heterocycles. The Bertz CT molecular complexity index is 80.8. The topological polar surface area (TPSA) is 12.9 Å². The molecule has 0 aliphatic carbocycles. The number of nitrogens with zero attached hydrogens (tertiary/aromatic N) is 1. The van der Waals surface area contributed by atoms with E-state index in [2.05, 4.69) is 4.98 Å². The Labute approximate surface area is 67.7 Å². The molecular formula is C7H11CoN. The van der Waals surface area contributed by atoms with Gasteiger partial charge in [0.25, 0.3) is 0 Å². The van der Waals surface area contributed by atoms with Gasteiger partial charge in [-0.1, -0.05) is 6.07 Å². The Morgan fingerprint density at radius 1 is 0.778 bits per heavy atom. The van der Waals surface area contributed by atoms with Crippen molar-refractivity contribution in [2.45, 2.75) is 0 Å². The zero-order chi connectivity index (χ0) is 4.24. The van der Waals surface area contributed by atoms with Crippen molar-refractivity contribution in [3.8, 4) is 0 Å². The van der Waals surface area contributed by atoms with E-state index in [1.54, 1.807) is 12.4 Å². The average Bonchev–Trinajstić information content (AvgIpc) is 1.72. The third-order valence-corrected chi connectivity index (χ3v) is 0.566. The number of rotatable bonds is 0. The number of pyridine rings is 1. The van der Waals surface area contributed by atoms with Gasteiger partial charge < -0.3 is 14.9 Å². The first kappa shape index (κ1) is 15.9. The van der Waals surface area contributed by atoms with Gasteiger partial charge in [-0.15, -0.1) is 0 Å². The van der Waals surface area contributed by atoms with Crippen LogP contribution >= 0.6 is 0 Å². The van der Waals surface area contributed by atoms with Gasteiger partial charge >= 0.3 is 16.8 Å². The van der Waals surface area contributed by atoms with Crippen LogP contribution in [0.5, 0.6) is 0 Å². The molecule has 0 amide bonds. The van der Waals surface area contributed by atoms with Crippen LogP contribution in [0.15, 0.2) is 30.6 Å². The molecule has 0 saturated carbocycles. The van der Waals surface area contributed by atoms with Crippen LogP contribution in [-0.4, -0.2) is 4.98 Å². The van der Waals surface area contributed by atoms with Gasteiger partial charge in [-0.25, -0.2) is 0 Å². The van der Waals surface area contributed by atoms with Crippen molar-refractivity contribution >= 4 is 0 Å². The quantitative estimate of drug-likeness (QED) is 0.540. The number of hydrogen-bond donors (Lipinski definition) is 0. The molecule has 0 aliphatic heterocycles. The maximum Gasteiger partial charge on any atom is 2.00 e. The van der Waals surface area contributed by atoms with E-state index in [1.165, 1.54) is 0 Å². The molecule has 1 nitrogen and oxygen atoms in total. The molecule has 0 unspecified atom stereocenters. The molecule has 0 aromatic carbocycles. The molecule has 0 aliphatic rings. The molecule has 0 atom stereocenters. The summed E-state index contributed by atoms with van der Waals surface area (Å²) in [5, 5.41) is 0. The van der Waals surface area contributed by atoms with Crippen LogP contribution in [0.25, 0.3) is 0 Å². The van der Waals surface area contributed by atoms with Gasteiger partial charge in [-0.2, -0.15) is 0 Å². The Morgan fingerprint density at radius 3 is 1.33 bits per heavy atom. The van der Waals surface area contributed by atoms with Gasteiger partial charge in [-0.05, 0) is 12.1 Å². The second-order valence-corrected chi connectivity index (χ2v) is 1.02. The minimum Gasteiger partial charge on any atom is -0.358 e. The summed E-state index contributed by atoms with van der Waals surface area (Å²) in [5.41, 5.74) is 0. The Balaban J connectivity index is -0.000000120. The maximum absolute atomic E-state index is 3.78. The first-order valence-electron chi connectivity index (χ1n) is 1.85. The number of aromatic nitrogens is 1. The molecule has 0 bridgehead atoms. The van der Waals surface area contributed by atoms with Crippen molar-refractivity contribution in [2.24, 2.45) is 0 Å². The van der Waals surface area contributed by atoms with Gasteiger partial charge in [0.05, 0.1) is 0 Å². The van der Waals surface area contributed by atoms with Gasteiger partial charge in [-0.3, -0.25) is 4.98 Å². The standard InChI is InChI=1S/C5H5N.2CH3.Co/c1-2-4-6-5-3-1;;;/h1-5H;2*1H3;/q;2*-1;+2. The predicted molar refractivity (Wildman–Crippen MR) is 37.1 cm³/mol. The fraction of sp³-hybridized carbons (Fsp3) is 0. The van der Waals surface area contributed by atoms with Crippen molar-refractivity contribution < 1.29 is 16.8 Å². The SMILES string of the molecule is [CH3-].[CH3-].[Co+2].c1ccncc1. The fourth-order valence-corrected chi connectivity index (χ4v) is 0.313. The van der Waals surface area contributed by atoms with Crippen LogP contribution < -0.4 is 0 Å². The predicted octanol–water partition coefficient (Wildman–Crippen LogP) is 1.98. The van der Waals surface area contributed by atoms with Crippen molar-refractivity contribution in [1.29, 1.82) is 0 Å². The summed E-state index contributed by atoms with van der Waals surface area (Å²) in [4.78, 5) is 3.78. The smallest absolute Gasteiger partial charge is 0.358 e. The normalized spacial score (nSPS) is 5.33. The second-order valence-electron chi connectivity index (χ2n) is 1.02. The molecule has 0 fully saturated rings. The molecule has 2 heteroatoms. The maximum atomic E-state index is 3.78. The molecule has 0 N–H and O–H groups in total.